The second kappa shape index (κ2) is 17.0. The Hall–Kier alpha value is -3.32. The first-order valence-electron chi connectivity index (χ1n) is 18.4. The Kier molecular flexibility index (Phi) is 13.0. The van der Waals surface area contributed by atoms with Gasteiger partial charge in [0.25, 0.3) is 5.91 Å². The maximum atomic E-state index is 13.7. The number of carboxylic acid groups (broad SMARTS) is 1. The van der Waals surface area contributed by atoms with Crippen LogP contribution in [0.15, 0.2) is 28.8 Å². The van der Waals surface area contributed by atoms with E-state index in [1.54, 1.807) is 13.0 Å². The summed E-state index contributed by atoms with van der Waals surface area (Å²) in [6.07, 6.45) is 8.40. The number of carboxylic acids is 1. The lowest BCUT2D eigenvalue weighted by Gasteiger charge is -2.52. The zero-order valence-corrected chi connectivity index (χ0v) is 30.3. The van der Waals surface area contributed by atoms with E-state index < -0.39 is 12.1 Å². The van der Waals surface area contributed by atoms with Crippen LogP contribution in [0, 0.1) is 18.8 Å². The summed E-state index contributed by atoms with van der Waals surface area (Å²) in [7, 11) is 0. The Balaban J connectivity index is 0.000000654. The lowest BCUT2D eigenvalue weighted by molar-refractivity contribution is -0.192. The zero-order valence-electron chi connectivity index (χ0n) is 29.6. The van der Waals surface area contributed by atoms with Crippen molar-refractivity contribution in [2.24, 2.45) is 11.8 Å². The monoisotopic (exact) mass is 738 g/mol. The number of likely N-dealkylation sites (tertiary alicyclic amines) is 2. The first-order valence-corrected chi connectivity index (χ1v) is 18.7. The van der Waals surface area contributed by atoms with E-state index in [4.69, 9.17) is 30.8 Å². The number of benzene rings is 1. The van der Waals surface area contributed by atoms with E-state index in [2.05, 4.69) is 21.9 Å². The molecule has 4 fully saturated rings. The van der Waals surface area contributed by atoms with Gasteiger partial charge in [0, 0.05) is 69.6 Å². The zero-order chi connectivity index (χ0) is 36.8. The molecule has 1 aromatic heterocycles. The van der Waals surface area contributed by atoms with E-state index in [1.807, 2.05) is 23.1 Å². The number of ether oxygens (including phenoxy) is 1. The molecule has 1 spiro atoms. The highest BCUT2D eigenvalue weighted by atomic mass is 35.5. The van der Waals surface area contributed by atoms with Crippen LogP contribution in [0.25, 0.3) is 11.3 Å². The van der Waals surface area contributed by atoms with Crippen LogP contribution in [0.1, 0.15) is 100 Å². The molecule has 1 unspecified atom stereocenters. The van der Waals surface area contributed by atoms with Crippen LogP contribution >= 0.6 is 11.6 Å². The molecule has 282 valence electrons. The molecule has 2 amide bonds. The van der Waals surface area contributed by atoms with Gasteiger partial charge in [0.15, 0.2) is 0 Å². The molecule has 51 heavy (non-hydrogen) atoms. The summed E-state index contributed by atoms with van der Waals surface area (Å²) in [5, 5.41) is 11.9. The number of carbonyl (C=O) groups excluding carboxylic acids is 2. The molecule has 1 N–H and O–H groups in total. The third-order valence-electron chi connectivity index (χ3n) is 11.2. The number of rotatable bonds is 8. The molecule has 0 radical (unpaired) electrons. The maximum absolute atomic E-state index is 13.7. The van der Waals surface area contributed by atoms with Gasteiger partial charge in [-0.15, -0.1) is 0 Å². The fourth-order valence-corrected chi connectivity index (χ4v) is 8.52. The predicted octanol–water partition coefficient (Wildman–Crippen LogP) is 8.21. The summed E-state index contributed by atoms with van der Waals surface area (Å²) in [5.74, 6) is -1.24. The second-order valence-electron chi connectivity index (χ2n) is 14.5. The van der Waals surface area contributed by atoms with E-state index in [1.165, 1.54) is 44.9 Å². The van der Waals surface area contributed by atoms with E-state index in [0.29, 0.717) is 58.6 Å². The number of hydrogen-bond acceptors (Lipinski definition) is 7. The van der Waals surface area contributed by atoms with Gasteiger partial charge in [-0.2, -0.15) is 13.2 Å². The number of carbonyl (C=O) groups is 3. The van der Waals surface area contributed by atoms with Crippen molar-refractivity contribution in [3.63, 3.8) is 0 Å². The molecule has 0 bridgehead atoms. The van der Waals surface area contributed by atoms with Crippen molar-refractivity contribution in [1.82, 2.24) is 19.9 Å². The normalized spacial score (nSPS) is 22.0. The van der Waals surface area contributed by atoms with Crippen molar-refractivity contribution >= 4 is 29.6 Å². The Morgan fingerprint density at radius 2 is 1.69 bits per heavy atom. The average molecular weight is 739 g/mol. The molecule has 3 aliphatic heterocycles. The SMILES string of the molecule is CCCCC1CN(CC2CCCCC2)C(=O)OC12CCN(C1CCN(C(=O)c3c(-c4ccccc4Cl)noc3C)CC1)CC2.O=C(O)C(F)(F)F. The number of nitrogens with zero attached hydrogens (tertiary/aromatic N) is 4. The van der Waals surface area contributed by atoms with Gasteiger partial charge in [-0.05, 0) is 51.0 Å². The molecule has 1 aromatic carbocycles. The molecule has 1 atom stereocenters. The van der Waals surface area contributed by atoms with Crippen LogP contribution in [0.3, 0.4) is 0 Å². The number of hydrogen-bond donors (Lipinski definition) is 1. The molecule has 1 aliphatic carbocycles. The number of aliphatic carboxylic acids is 1. The van der Waals surface area contributed by atoms with E-state index >= 15 is 0 Å². The highest BCUT2D eigenvalue weighted by molar-refractivity contribution is 6.33. The molecule has 1 saturated carbocycles. The molecular weight excluding hydrogens is 689 g/mol. The first kappa shape index (κ1) is 38.9. The smallest absolute Gasteiger partial charge is 0.475 e. The number of piperidine rings is 2. The summed E-state index contributed by atoms with van der Waals surface area (Å²) in [5.41, 5.74) is 1.40. The summed E-state index contributed by atoms with van der Waals surface area (Å²) >= 11 is 6.44. The maximum Gasteiger partial charge on any atom is 0.490 e. The molecule has 10 nitrogen and oxygen atoms in total. The first-order chi connectivity index (χ1) is 24.3. The fourth-order valence-electron chi connectivity index (χ4n) is 8.30. The highest BCUT2D eigenvalue weighted by Gasteiger charge is 2.50. The molecule has 3 saturated heterocycles. The predicted molar refractivity (Wildman–Crippen MR) is 185 cm³/mol. The van der Waals surface area contributed by atoms with Crippen molar-refractivity contribution in [3.8, 4) is 11.3 Å². The molecule has 2 aromatic rings. The molecule has 14 heteroatoms. The minimum absolute atomic E-state index is 0.0413. The van der Waals surface area contributed by atoms with Gasteiger partial charge >= 0.3 is 18.2 Å². The summed E-state index contributed by atoms with van der Waals surface area (Å²) in [6.45, 7) is 9.05. The van der Waals surface area contributed by atoms with Gasteiger partial charge in [0.05, 0.1) is 5.02 Å². The second-order valence-corrected chi connectivity index (χ2v) is 14.9. The van der Waals surface area contributed by atoms with Crippen LogP contribution in [-0.4, -0.2) is 100 Å². The number of alkyl halides is 3. The van der Waals surface area contributed by atoms with Crippen molar-refractivity contribution in [2.75, 3.05) is 39.3 Å². The van der Waals surface area contributed by atoms with Crippen LogP contribution in [0.2, 0.25) is 5.02 Å². The van der Waals surface area contributed by atoms with Crippen molar-refractivity contribution in [2.45, 2.75) is 109 Å². The average Bonchev–Trinajstić information content (AvgIpc) is 3.50. The van der Waals surface area contributed by atoms with Crippen LogP contribution in [-0.2, 0) is 9.53 Å². The molecule has 4 heterocycles. The van der Waals surface area contributed by atoms with Gasteiger partial charge in [-0.1, -0.05) is 74.0 Å². The Labute approximate surface area is 302 Å². The summed E-state index contributed by atoms with van der Waals surface area (Å²) in [4.78, 5) is 42.5. The minimum atomic E-state index is -5.08. The summed E-state index contributed by atoms with van der Waals surface area (Å²) in [6, 6.07) is 7.86. The topological polar surface area (TPSA) is 116 Å². The minimum Gasteiger partial charge on any atom is -0.475 e. The van der Waals surface area contributed by atoms with E-state index in [0.717, 1.165) is 58.3 Å². The number of aryl methyl sites for hydroxylation is 1. The Bertz CT molecular complexity index is 1500. The number of unbranched alkanes of at least 4 members (excludes halogenated alkanes) is 1. The fraction of sp³-hybridized carbons (Fsp3) is 0.676. The summed E-state index contributed by atoms with van der Waals surface area (Å²) < 4.78 is 43.7. The van der Waals surface area contributed by atoms with Gasteiger partial charge in [-0.3, -0.25) is 9.69 Å². The standard InChI is InChI=1S/C35H49ClN4O4.C2HF3O2/c1-3-4-12-27-24-40(23-26-10-6-5-7-11-26)34(42)43-35(27)17-21-38(22-18-35)28-15-19-39(20-16-28)33(41)31-25(2)44-37-32(31)29-13-8-9-14-30(29)36;3-2(4,5)1(6)7/h8-9,13-14,26-28H,3-7,10-12,15-24H2,1-2H3;(H,6,7). The van der Waals surface area contributed by atoms with Gasteiger partial charge in [-0.25, -0.2) is 9.59 Å². The lowest BCUT2D eigenvalue weighted by atomic mass is 9.75. The van der Waals surface area contributed by atoms with Crippen LogP contribution < -0.4 is 0 Å². The van der Waals surface area contributed by atoms with Gasteiger partial charge in [0.1, 0.15) is 22.6 Å². The van der Waals surface area contributed by atoms with Crippen molar-refractivity contribution in [1.29, 1.82) is 0 Å². The number of amides is 2. The quantitative estimate of drug-likeness (QED) is 0.288. The highest BCUT2D eigenvalue weighted by Crippen LogP contribution is 2.42. The van der Waals surface area contributed by atoms with Gasteiger partial charge < -0.3 is 24.2 Å². The van der Waals surface area contributed by atoms with E-state index in [-0.39, 0.29) is 17.6 Å². The van der Waals surface area contributed by atoms with Crippen molar-refractivity contribution in [3.05, 3.63) is 40.6 Å². The lowest BCUT2D eigenvalue weighted by Crippen LogP contribution is -2.61. The third kappa shape index (κ3) is 9.38. The van der Waals surface area contributed by atoms with Crippen LogP contribution in [0.4, 0.5) is 18.0 Å². The number of halogens is 4. The van der Waals surface area contributed by atoms with Crippen molar-refractivity contribution < 1.29 is 41.9 Å². The van der Waals surface area contributed by atoms with Crippen LogP contribution in [0.5, 0.6) is 0 Å². The largest absolute Gasteiger partial charge is 0.490 e. The Morgan fingerprint density at radius 3 is 2.29 bits per heavy atom. The van der Waals surface area contributed by atoms with Gasteiger partial charge in [0.2, 0.25) is 0 Å². The molecular formula is C37H50ClF3N4O6. The molecule has 4 aliphatic rings. The third-order valence-corrected chi connectivity index (χ3v) is 11.5. The molecule has 6 rings (SSSR count). The number of aromatic nitrogens is 1. The van der Waals surface area contributed by atoms with E-state index in [9.17, 15) is 22.8 Å². The Morgan fingerprint density at radius 1 is 1.04 bits per heavy atom.